The zero-order valence-electron chi connectivity index (χ0n) is 14.0. The van der Waals surface area contributed by atoms with E-state index in [2.05, 4.69) is 0 Å². The smallest absolute Gasteiger partial charge is 0.420 e. The van der Waals surface area contributed by atoms with Gasteiger partial charge in [0.2, 0.25) is 5.91 Å². The molecule has 12 heteroatoms. The number of carbonyl (C=O) groups is 1. The average molecular weight is 399 g/mol. The molecule has 0 spiro atoms. The minimum Gasteiger partial charge on any atom is -0.467 e. The molecule has 0 saturated carbocycles. The Labute approximate surface area is 153 Å². The minimum absolute atomic E-state index is 0.0499. The molecular formula is C16H12F3N3O6. The number of amides is 1. The SMILES string of the molecule is O=C(Cn1c(=O)oc2cc([N+](=O)[O-])ccc21)N(Cc1ccco1)CC(F)(F)F. The maximum absolute atomic E-state index is 12.9. The molecule has 0 saturated heterocycles. The highest BCUT2D eigenvalue weighted by Crippen LogP contribution is 2.22. The normalized spacial score (nSPS) is 11.7. The molecule has 9 nitrogen and oxygen atoms in total. The van der Waals surface area contributed by atoms with Gasteiger partial charge in [0.05, 0.1) is 29.3 Å². The lowest BCUT2D eigenvalue weighted by atomic mass is 10.3. The highest BCUT2D eigenvalue weighted by molar-refractivity contribution is 5.80. The van der Waals surface area contributed by atoms with Gasteiger partial charge in [-0.15, -0.1) is 0 Å². The summed E-state index contributed by atoms with van der Waals surface area (Å²) in [6, 6.07) is 6.15. The van der Waals surface area contributed by atoms with Crippen LogP contribution in [0, 0.1) is 10.1 Å². The molecule has 0 bridgehead atoms. The van der Waals surface area contributed by atoms with Crippen LogP contribution in [0.4, 0.5) is 18.9 Å². The lowest BCUT2D eigenvalue weighted by Crippen LogP contribution is -2.41. The predicted octanol–water partition coefficient (Wildman–Crippen LogP) is 2.69. The van der Waals surface area contributed by atoms with Gasteiger partial charge < -0.3 is 13.7 Å². The summed E-state index contributed by atoms with van der Waals surface area (Å²) in [7, 11) is 0. The zero-order chi connectivity index (χ0) is 20.5. The fourth-order valence-corrected chi connectivity index (χ4v) is 2.59. The predicted molar refractivity (Wildman–Crippen MR) is 87.3 cm³/mol. The number of non-ortho nitro benzene ring substituents is 1. The third-order valence-electron chi connectivity index (χ3n) is 3.81. The third-order valence-corrected chi connectivity index (χ3v) is 3.81. The number of hydrogen-bond acceptors (Lipinski definition) is 6. The highest BCUT2D eigenvalue weighted by Gasteiger charge is 2.34. The Hall–Kier alpha value is -3.57. The van der Waals surface area contributed by atoms with Crippen molar-refractivity contribution in [3.05, 3.63) is 63.0 Å². The quantitative estimate of drug-likeness (QED) is 0.465. The van der Waals surface area contributed by atoms with Gasteiger partial charge >= 0.3 is 11.9 Å². The summed E-state index contributed by atoms with van der Waals surface area (Å²) in [5.74, 6) is -1.89. The Morgan fingerprint density at radius 1 is 1.29 bits per heavy atom. The number of halogens is 3. The molecule has 1 aromatic carbocycles. The number of furan rings is 1. The fourth-order valence-electron chi connectivity index (χ4n) is 2.59. The lowest BCUT2D eigenvalue weighted by molar-refractivity contribution is -0.384. The van der Waals surface area contributed by atoms with E-state index in [1.807, 2.05) is 0 Å². The maximum atomic E-state index is 12.9. The van der Waals surface area contributed by atoms with Crippen LogP contribution in [0.15, 0.2) is 50.2 Å². The van der Waals surface area contributed by atoms with Crippen molar-refractivity contribution in [1.29, 1.82) is 0 Å². The number of rotatable bonds is 6. The molecular weight excluding hydrogens is 387 g/mol. The Morgan fingerprint density at radius 2 is 2.04 bits per heavy atom. The number of nitro groups is 1. The summed E-state index contributed by atoms with van der Waals surface area (Å²) in [5.41, 5.74) is -0.439. The summed E-state index contributed by atoms with van der Waals surface area (Å²) in [6.07, 6.45) is -3.40. The van der Waals surface area contributed by atoms with Crippen LogP contribution in [0.2, 0.25) is 0 Å². The molecule has 0 aliphatic carbocycles. The average Bonchev–Trinajstić information content (AvgIpc) is 3.20. The number of hydrogen-bond donors (Lipinski definition) is 0. The van der Waals surface area contributed by atoms with Crippen LogP contribution in [0.25, 0.3) is 11.1 Å². The van der Waals surface area contributed by atoms with E-state index in [4.69, 9.17) is 8.83 Å². The summed E-state index contributed by atoms with van der Waals surface area (Å²) in [6.45, 7) is -2.72. The molecule has 0 N–H and O–H groups in total. The van der Waals surface area contributed by atoms with Crippen LogP contribution >= 0.6 is 0 Å². The van der Waals surface area contributed by atoms with E-state index in [-0.39, 0.29) is 22.5 Å². The molecule has 0 aliphatic rings. The van der Waals surface area contributed by atoms with E-state index in [1.165, 1.54) is 24.5 Å². The summed E-state index contributed by atoms with van der Waals surface area (Å²) < 4.78 is 49.2. The van der Waals surface area contributed by atoms with Crippen LogP contribution in [-0.4, -0.2) is 33.0 Å². The Bertz CT molecular complexity index is 1070. The molecule has 3 rings (SSSR count). The Morgan fingerprint density at radius 3 is 2.64 bits per heavy atom. The van der Waals surface area contributed by atoms with Crippen molar-refractivity contribution in [1.82, 2.24) is 9.47 Å². The van der Waals surface area contributed by atoms with Crippen LogP contribution in [0.3, 0.4) is 0 Å². The first kappa shape index (κ1) is 19.2. The van der Waals surface area contributed by atoms with E-state index >= 15 is 0 Å². The van der Waals surface area contributed by atoms with Gasteiger partial charge in [-0.05, 0) is 18.2 Å². The molecule has 3 aromatic rings. The second kappa shape index (κ2) is 7.21. The van der Waals surface area contributed by atoms with Crippen LogP contribution < -0.4 is 5.76 Å². The molecule has 1 amide bonds. The number of nitrogens with zero attached hydrogens (tertiary/aromatic N) is 3. The summed E-state index contributed by atoms with van der Waals surface area (Å²) >= 11 is 0. The number of aromatic nitrogens is 1. The van der Waals surface area contributed by atoms with Crippen molar-refractivity contribution in [2.75, 3.05) is 6.54 Å². The molecule has 0 radical (unpaired) electrons. The number of fused-ring (bicyclic) bond motifs is 1. The maximum Gasteiger partial charge on any atom is 0.420 e. The number of nitro benzene ring substituents is 1. The lowest BCUT2D eigenvalue weighted by Gasteiger charge is -2.23. The minimum atomic E-state index is -4.66. The van der Waals surface area contributed by atoms with E-state index in [9.17, 15) is 32.9 Å². The topological polar surface area (TPSA) is 112 Å². The molecule has 2 aromatic heterocycles. The third kappa shape index (κ3) is 4.22. The molecule has 28 heavy (non-hydrogen) atoms. The molecule has 2 heterocycles. The van der Waals surface area contributed by atoms with Crippen molar-refractivity contribution in [3.8, 4) is 0 Å². The molecule has 0 atom stereocenters. The number of carbonyl (C=O) groups excluding carboxylic acids is 1. The number of alkyl halides is 3. The van der Waals surface area contributed by atoms with Gasteiger partial charge in [-0.25, -0.2) is 4.79 Å². The fraction of sp³-hybridized carbons (Fsp3) is 0.250. The van der Waals surface area contributed by atoms with Crippen molar-refractivity contribution < 1.29 is 31.7 Å². The Kier molecular flexibility index (Phi) is 4.94. The second-order valence-electron chi connectivity index (χ2n) is 5.81. The van der Waals surface area contributed by atoms with Crippen LogP contribution in [-0.2, 0) is 17.9 Å². The first-order valence-electron chi connectivity index (χ1n) is 7.79. The van der Waals surface area contributed by atoms with Gasteiger partial charge in [-0.3, -0.25) is 19.5 Å². The van der Waals surface area contributed by atoms with E-state index in [0.717, 1.165) is 16.7 Å². The van der Waals surface area contributed by atoms with Gasteiger partial charge in [-0.2, -0.15) is 13.2 Å². The van der Waals surface area contributed by atoms with Gasteiger partial charge in [0.15, 0.2) is 5.58 Å². The first-order valence-corrected chi connectivity index (χ1v) is 7.79. The van der Waals surface area contributed by atoms with Gasteiger partial charge in [-0.1, -0.05) is 0 Å². The largest absolute Gasteiger partial charge is 0.467 e. The van der Waals surface area contributed by atoms with Crippen molar-refractivity contribution >= 4 is 22.7 Å². The molecule has 0 unspecified atom stereocenters. The number of oxazole rings is 1. The van der Waals surface area contributed by atoms with Crippen LogP contribution in [0.1, 0.15) is 5.76 Å². The van der Waals surface area contributed by atoms with Crippen molar-refractivity contribution in [2.45, 2.75) is 19.3 Å². The van der Waals surface area contributed by atoms with Crippen LogP contribution in [0.5, 0.6) is 0 Å². The van der Waals surface area contributed by atoms with Crippen molar-refractivity contribution in [3.63, 3.8) is 0 Å². The summed E-state index contributed by atoms with van der Waals surface area (Å²) in [5, 5.41) is 10.8. The van der Waals surface area contributed by atoms with Gasteiger partial charge in [0.25, 0.3) is 5.69 Å². The van der Waals surface area contributed by atoms with E-state index < -0.39 is 42.4 Å². The van der Waals surface area contributed by atoms with Gasteiger partial charge in [0, 0.05) is 6.07 Å². The summed E-state index contributed by atoms with van der Waals surface area (Å²) in [4.78, 5) is 35.0. The van der Waals surface area contributed by atoms with E-state index in [1.54, 1.807) is 0 Å². The second-order valence-corrected chi connectivity index (χ2v) is 5.81. The van der Waals surface area contributed by atoms with E-state index in [0.29, 0.717) is 4.90 Å². The monoisotopic (exact) mass is 399 g/mol. The highest BCUT2D eigenvalue weighted by atomic mass is 19.4. The first-order chi connectivity index (χ1) is 13.1. The van der Waals surface area contributed by atoms with Crippen molar-refractivity contribution in [2.24, 2.45) is 0 Å². The zero-order valence-corrected chi connectivity index (χ0v) is 14.0. The van der Waals surface area contributed by atoms with Gasteiger partial charge in [0.1, 0.15) is 18.8 Å². The standard InChI is InChI=1S/C16H12F3N3O6/c17-16(18,19)9-20(7-11-2-1-5-27-11)14(23)8-21-12-4-3-10(22(25)26)6-13(12)28-15(21)24/h1-6H,7-9H2. The molecule has 148 valence electrons. The molecule has 0 aliphatic heterocycles. The number of benzene rings is 1. The Balaban J connectivity index is 1.89. The molecule has 0 fully saturated rings.